The van der Waals surface area contributed by atoms with Crippen molar-refractivity contribution in [2.24, 2.45) is 29.2 Å². The number of benzene rings is 2. The second-order valence-corrected chi connectivity index (χ2v) is 23.7. The van der Waals surface area contributed by atoms with E-state index in [0.29, 0.717) is 38.0 Å². The Labute approximate surface area is 489 Å². The molecule has 3 saturated heterocycles. The van der Waals surface area contributed by atoms with Crippen LogP contribution >= 0.6 is 0 Å². The number of nitrogens with one attached hydrogen (secondary N) is 1. The minimum Gasteiger partial charge on any atom is -0.507 e. The van der Waals surface area contributed by atoms with Gasteiger partial charge in [0, 0.05) is 94.4 Å². The van der Waals surface area contributed by atoms with Crippen LogP contribution in [-0.2, 0) is 23.8 Å². The quantitative estimate of drug-likeness (QED) is 0.157. The minimum atomic E-state index is -2.20. The smallest absolute Gasteiger partial charge is 0.341 e. The van der Waals surface area contributed by atoms with E-state index in [2.05, 4.69) is 10.2 Å². The molecule has 0 spiro atoms. The first-order chi connectivity index (χ1) is 40.3. The molecule has 1 aromatic heterocycles. The molecule has 4 fully saturated rings. The molecule has 5 bridgehead atoms. The number of aliphatic hydroxyl groups is 2. The Balaban J connectivity index is 0.977. The zero-order valence-electron chi connectivity index (χ0n) is 48.8. The lowest BCUT2D eigenvalue weighted by molar-refractivity contribution is -0.155. The average Bonchev–Trinajstić information content (AvgIpc) is 1.72. The van der Waals surface area contributed by atoms with Crippen LogP contribution in [0.25, 0.3) is 10.9 Å². The number of carboxylic acid groups (broad SMARTS) is 1. The second kappa shape index (κ2) is 23.4. The zero-order chi connectivity index (χ0) is 61.4. The number of hydrogen-bond donors (Lipinski definition) is 7. The van der Waals surface area contributed by atoms with Gasteiger partial charge in [-0.25, -0.2) is 9.18 Å². The molecule has 2 aliphatic carbocycles. The number of likely N-dealkylation sites (tertiary alicyclic amines) is 2. The highest BCUT2D eigenvalue weighted by Gasteiger charge is 2.54. The number of Topliss-reactive ketones (excluding diaryl/α,β-unsaturated/α-hetero) is 3. The summed E-state index contributed by atoms with van der Waals surface area (Å²) < 4.78 is 47.9. The Morgan fingerprint density at radius 2 is 1.59 bits per heavy atom. The number of carboxylic acids is 1. The summed E-state index contributed by atoms with van der Waals surface area (Å²) in [7, 11) is 2.77. The van der Waals surface area contributed by atoms with Gasteiger partial charge in [-0.2, -0.15) is 0 Å². The minimum absolute atomic E-state index is 0.0509. The van der Waals surface area contributed by atoms with Gasteiger partial charge in [-0.05, 0) is 77.0 Å². The number of rotatable bonds is 8. The number of hydrogen-bond acceptors (Lipinski definition) is 20. The molecule has 2 unspecified atom stereocenters. The van der Waals surface area contributed by atoms with Crippen molar-refractivity contribution in [2.45, 2.75) is 140 Å². The normalized spacial score (nSPS) is 30.9. The van der Waals surface area contributed by atoms with E-state index >= 15 is 14.0 Å². The summed E-state index contributed by atoms with van der Waals surface area (Å²) in [5, 5.41) is 47.2. The first-order valence-electron chi connectivity index (χ1n) is 28.8. The number of anilines is 1. The summed E-state index contributed by atoms with van der Waals surface area (Å²) in [6.45, 7) is 10.6. The summed E-state index contributed by atoms with van der Waals surface area (Å²) in [4.78, 5) is 104. The largest absolute Gasteiger partial charge is 0.507 e. The van der Waals surface area contributed by atoms with Crippen LogP contribution in [0.5, 0.6) is 17.2 Å². The third-order valence-electron chi connectivity index (χ3n) is 18.3. The van der Waals surface area contributed by atoms with E-state index < -0.39 is 129 Å². The van der Waals surface area contributed by atoms with Gasteiger partial charge in [0.15, 0.2) is 11.6 Å². The van der Waals surface area contributed by atoms with Crippen molar-refractivity contribution >= 4 is 51.8 Å². The molecule has 456 valence electrons. The Bertz CT molecular complexity index is 3470. The van der Waals surface area contributed by atoms with Crippen LogP contribution in [0.1, 0.15) is 126 Å². The number of ketones is 3. The van der Waals surface area contributed by atoms with Crippen molar-refractivity contribution in [3.63, 3.8) is 0 Å². The number of methoxy groups -OCH3 is 2. The van der Waals surface area contributed by atoms with Gasteiger partial charge in [-0.15, -0.1) is 0 Å². The number of nitrogens with zero attached hydrogens (tertiary/aromatic N) is 4. The van der Waals surface area contributed by atoms with Gasteiger partial charge in [-0.1, -0.05) is 32.1 Å². The zero-order valence-corrected chi connectivity index (χ0v) is 48.8. The molecule has 9 N–H and O–H groups in total. The molecule has 11 atom stereocenters. The molecule has 23 nitrogen and oxygen atoms in total. The summed E-state index contributed by atoms with van der Waals surface area (Å²) in [6, 6.07) is -1.80. The Morgan fingerprint density at radius 1 is 0.882 bits per heavy atom. The Kier molecular flexibility index (Phi) is 16.7. The molecular weight excluding hydrogens is 1110 g/mol. The van der Waals surface area contributed by atoms with E-state index in [1.807, 2.05) is 4.90 Å². The Morgan fingerprint density at radius 3 is 2.24 bits per heavy atom. The molecule has 1 amide bonds. The molecule has 8 aliphatic rings. The number of aliphatic hydroxyl groups excluding tert-OH is 2. The highest BCUT2D eigenvalue weighted by atomic mass is 19.1. The molecule has 7 heterocycles. The van der Waals surface area contributed by atoms with Crippen molar-refractivity contribution in [1.29, 1.82) is 0 Å². The number of ether oxygens (including phenoxy) is 5. The maximum atomic E-state index is 16.6. The molecule has 11 rings (SSSR count). The number of phenolic OH excluding ortho intramolecular Hbond substituents is 1. The van der Waals surface area contributed by atoms with Crippen LogP contribution in [0.4, 0.5) is 10.1 Å². The molecule has 2 aromatic carbocycles. The van der Waals surface area contributed by atoms with E-state index in [1.165, 1.54) is 65.5 Å². The topological polar surface area (TPSA) is 325 Å². The van der Waals surface area contributed by atoms with E-state index in [1.54, 1.807) is 23.3 Å². The van der Waals surface area contributed by atoms with E-state index in [4.69, 9.17) is 35.2 Å². The van der Waals surface area contributed by atoms with Gasteiger partial charge in [0.25, 0.3) is 11.7 Å². The number of aromatic nitrogens is 1. The van der Waals surface area contributed by atoms with E-state index in [-0.39, 0.29) is 82.1 Å². The van der Waals surface area contributed by atoms with Crippen LogP contribution in [0.3, 0.4) is 0 Å². The van der Waals surface area contributed by atoms with Crippen LogP contribution in [0.15, 0.2) is 64.6 Å². The molecular formula is C61H74FN7O16. The number of halogens is 1. The van der Waals surface area contributed by atoms with Crippen LogP contribution in [0, 0.1) is 30.5 Å². The van der Waals surface area contributed by atoms with E-state index in [0.717, 1.165) is 44.9 Å². The number of nitrogens with two attached hydrogens (primary N) is 2. The number of amides is 1. The Hall–Kier alpha value is -7.48. The third kappa shape index (κ3) is 10.7. The number of aromatic hydroxyl groups is 1. The maximum absolute atomic E-state index is 16.6. The summed E-state index contributed by atoms with van der Waals surface area (Å²) in [6.07, 6.45) is 7.11. The monoisotopic (exact) mass is 1180 g/mol. The van der Waals surface area contributed by atoms with Gasteiger partial charge < -0.3 is 75.3 Å². The number of carbonyl (C=O) groups is 6. The van der Waals surface area contributed by atoms with Gasteiger partial charge in [0.1, 0.15) is 40.2 Å². The lowest BCUT2D eigenvalue weighted by Gasteiger charge is -2.46. The molecule has 6 aliphatic heterocycles. The lowest BCUT2D eigenvalue weighted by atomic mass is 9.81. The number of aromatic carboxylic acids is 1. The summed E-state index contributed by atoms with van der Waals surface area (Å²) >= 11 is 0. The van der Waals surface area contributed by atoms with Crippen molar-refractivity contribution in [1.82, 2.24) is 19.7 Å². The standard InChI is InChI=1S/C61H74FN7O16/c1-27-11-9-12-28(2)59(78)65-45-48(66-20-16-34(17-21-66)68-19-10-13-32-24-67(26-38(32)68)47-37(62)23-35-46(57(47)82-8)69(33-14-15-33)25-36(51(35)73)60(79)80)53(75)40-41(52(45)74)50(72)30(4)55-42(40)58(77)61(6,85-55)83-22-18-39(81-7)29(3)56(84-31(5)70)44(64)54(76)43(63)49(27)71/h9,11-12,18,22-23,25,27,29,32-34,38-39,43-44,49,54,56,71-72,76H,10,13-17,19-21,24,26,63-64H2,1-8H3,(H,65,78)(H,79,80)/b11-9+,22-18?,28-12-/t27-,29+,32?,38?,39-,43+,44+,49-,54+,56+,61-/m0/s1. The number of pyridine rings is 1. The second-order valence-electron chi connectivity index (χ2n) is 23.7. The van der Waals surface area contributed by atoms with Gasteiger partial charge in [0.2, 0.25) is 17.0 Å². The van der Waals surface area contributed by atoms with E-state index in [9.17, 15) is 44.4 Å². The fraction of sp³-hybridized carbons (Fsp3) is 0.525. The predicted octanol–water partition coefficient (Wildman–Crippen LogP) is 3.90. The van der Waals surface area contributed by atoms with Gasteiger partial charge >= 0.3 is 17.7 Å². The number of fused-ring (bicyclic) bond motifs is 16. The van der Waals surface area contributed by atoms with Crippen LogP contribution < -0.4 is 36.6 Å². The molecule has 85 heavy (non-hydrogen) atoms. The van der Waals surface area contributed by atoms with Crippen LogP contribution in [-0.4, -0.2) is 171 Å². The van der Waals surface area contributed by atoms with Gasteiger partial charge in [-0.3, -0.25) is 33.7 Å². The molecule has 1 saturated carbocycles. The molecule has 3 aromatic rings. The number of piperidine rings is 2. The number of phenols is 1. The number of esters is 1. The van der Waals surface area contributed by atoms with Crippen molar-refractivity contribution < 1.29 is 77.3 Å². The lowest BCUT2D eigenvalue weighted by Crippen LogP contribution is -2.60. The molecule has 0 radical (unpaired) electrons. The fourth-order valence-electron chi connectivity index (χ4n) is 13.5. The highest BCUT2D eigenvalue weighted by Crippen LogP contribution is 2.50. The fourth-order valence-corrected chi connectivity index (χ4v) is 13.5. The summed E-state index contributed by atoms with van der Waals surface area (Å²) in [5.74, 6) is -10.7. The molecule has 24 heteroatoms. The van der Waals surface area contributed by atoms with Crippen molar-refractivity contribution in [3.05, 3.63) is 104 Å². The number of carbonyl (C=O) groups excluding carboxylic acids is 5. The van der Waals surface area contributed by atoms with Gasteiger partial charge in [0.05, 0.1) is 71.4 Å². The third-order valence-corrected chi connectivity index (χ3v) is 18.3. The van der Waals surface area contributed by atoms with Crippen LogP contribution in [0.2, 0.25) is 0 Å². The summed E-state index contributed by atoms with van der Waals surface area (Å²) in [5.41, 5.74) is 10.3. The maximum Gasteiger partial charge on any atom is 0.341 e. The first-order valence-corrected chi connectivity index (χ1v) is 28.8. The first kappa shape index (κ1) is 60.6. The highest BCUT2D eigenvalue weighted by molar-refractivity contribution is 6.32. The SMILES string of the molecule is COc1c(N2CC3CCCN(C4CCN(C5=C6NC(=O)/C(C)=C\C=C\[C@H](C)[C@H](O)[C@@H](N)[C@@H](O)[C@@H](N)[C@H](OC(C)=O)[C@H](C)[C@@H](OC)C=CO[C@@]7(C)Oc8c(C)c(O)c(c(c8C7=O)C5=O)C6=O)CC4)C3C2)c(F)cc2c(=O)c(C(=O)O)cn(C3CC3)c12. The number of allylic oxidation sites excluding steroid dienone is 4. The predicted molar refractivity (Wildman–Crippen MR) is 306 cm³/mol. The average molecular weight is 1180 g/mol. The van der Waals surface area contributed by atoms with Crippen molar-refractivity contribution in [3.8, 4) is 17.2 Å². The van der Waals surface area contributed by atoms with Crippen molar-refractivity contribution in [2.75, 3.05) is 51.8 Å².